The third-order valence-electron chi connectivity index (χ3n) is 3.14. The molecule has 2 N–H and O–H groups in total. The van der Waals surface area contributed by atoms with Crippen LogP contribution in [0.15, 0.2) is 22.8 Å². The van der Waals surface area contributed by atoms with Crippen molar-refractivity contribution in [3.63, 3.8) is 0 Å². The van der Waals surface area contributed by atoms with Crippen LogP contribution in [0.1, 0.15) is 25.5 Å². The van der Waals surface area contributed by atoms with Gasteiger partial charge in [-0.3, -0.25) is 4.40 Å². The summed E-state index contributed by atoms with van der Waals surface area (Å²) in [5.41, 5.74) is 1.01. The molecule has 6 heteroatoms. The summed E-state index contributed by atoms with van der Waals surface area (Å²) < 4.78 is 2.04. The molecule has 0 spiro atoms. The van der Waals surface area contributed by atoms with E-state index in [1.54, 1.807) is 11.3 Å². The second kappa shape index (κ2) is 5.61. The van der Waals surface area contributed by atoms with Crippen LogP contribution in [0.5, 0.6) is 0 Å². The third-order valence-corrected chi connectivity index (χ3v) is 3.91. The zero-order chi connectivity index (χ0) is 13.1. The van der Waals surface area contributed by atoms with Crippen LogP contribution in [0.4, 0.5) is 0 Å². The summed E-state index contributed by atoms with van der Waals surface area (Å²) in [4.78, 5) is 10.1. The lowest BCUT2D eigenvalue weighted by Crippen LogP contribution is -2.38. The van der Waals surface area contributed by atoms with Crippen molar-refractivity contribution in [3.05, 3.63) is 23.5 Å². The van der Waals surface area contributed by atoms with E-state index in [9.17, 15) is 0 Å². The Bertz CT molecular complexity index is 538. The number of aromatic nitrogens is 2. The molecule has 0 bridgehead atoms. The molecule has 0 saturated heterocycles. The van der Waals surface area contributed by atoms with Crippen molar-refractivity contribution >= 4 is 22.3 Å². The Morgan fingerprint density at radius 2 is 2.42 bits per heavy atom. The van der Waals surface area contributed by atoms with Crippen LogP contribution in [0.25, 0.3) is 4.96 Å². The first-order valence-corrected chi connectivity index (χ1v) is 7.66. The standard InChI is InChI=1S/C13H19N5S/c1-2-14-12(15-7-10-3-4-10)16-8-11-9-18-5-6-19-13(18)17-11/h5-6,9-10H,2-4,7-8H2,1H3,(H2,14,15,16). The zero-order valence-corrected chi connectivity index (χ0v) is 11.9. The van der Waals surface area contributed by atoms with E-state index in [-0.39, 0.29) is 0 Å². The largest absolute Gasteiger partial charge is 0.357 e. The summed E-state index contributed by atoms with van der Waals surface area (Å²) in [5.74, 6) is 1.74. The van der Waals surface area contributed by atoms with Crippen LogP contribution in [0, 0.1) is 5.92 Å². The number of nitrogens with one attached hydrogen (secondary N) is 2. The van der Waals surface area contributed by atoms with Crippen LogP contribution in [-0.4, -0.2) is 28.4 Å². The fourth-order valence-corrected chi connectivity index (χ4v) is 2.64. The number of guanidine groups is 1. The van der Waals surface area contributed by atoms with Crippen molar-refractivity contribution in [2.24, 2.45) is 10.9 Å². The van der Waals surface area contributed by atoms with Crippen LogP contribution in [0.2, 0.25) is 0 Å². The normalized spacial score (nSPS) is 15.9. The van der Waals surface area contributed by atoms with Crippen LogP contribution in [-0.2, 0) is 6.54 Å². The highest BCUT2D eigenvalue weighted by Crippen LogP contribution is 2.27. The van der Waals surface area contributed by atoms with Gasteiger partial charge in [-0.15, -0.1) is 11.3 Å². The van der Waals surface area contributed by atoms with Gasteiger partial charge in [0.05, 0.1) is 12.2 Å². The Labute approximate surface area is 116 Å². The molecule has 1 aliphatic rings. The molecule has 0 aliphatic heterocycles. The van der Waals surface area contributed by atoms with E-state index in [1.165, 1.54) is 12.8 Å². The maximum absolute atomic E-state index is 4.58. The third kappa shape index (κ3) is 3.26. The molecule has 19 heavy (non-hydrogen) atoms. The first kappa shape index (κ1) is 12.5. The molecule has 1 saturated carbocycles. The van der Waals surface area contributed by atoms with Gasteiger partial charge in [0.15, 0.2) is 10.9 Å². The second-order valence-corrected chi connectivity index (χ2v) is 5.72. The van der Waals surface area contributed by atoms with Gasteiger partial charge in [0.1, 0.15) is 0 Å². The summed E-state index contributed by atoms with van der Waals surface area (Å²) in [6.07, 6.45) is 6.77. The van der Waals surface area contributed by atoms with Gasteiger partial charge in [0.25, 0.3) is 0 Å². The predicted octanol–water partition coefficient (Wildman–Crippen LogP) is 1.86. The molecule has 0 atom stereocenters. The Morgan fingerprint density at radius 1 is 1.53 bits per heavy atom. The molecule has 102 valence electrons. The minimum absolute atomic E-state index is 0.619. The SMILES string of the molecule is CCNC(=NCc1cn2ccsc2n1)NCC1CC1. The van der Waals surface area contributed by atoms with Gasteiger partial charge in [-0.2, -0.15) is 0 Å². The highest BCUT2D eigenvalue weighted by molar-refractivity contribution is 7.15. The van der Waals surface area contributed by atoms with Crippen molar-refractivity contribution in [1.82, 2.24) is 20.0 Å². The van der Waals surface area contributed by atoms with E-state index in [0.29, 0.717) is 6.54 Å². The molecule has 0 amide bonds. The predicted molar refractivity (Wildman–Crippen MR) is 78.6 cm³/mol. The molecule has 0 radical (unpaired) electrons. The molecule has 1 fully saturated rings. The fraction of sp³-hybridized carbons (Fsp3) is 0.538. The number of aliphatic imine (C=N–C) groups is 1. The molecule has 2 heterocycles. The van der Waals surface area contributed by atoms with Crippen molar-refractivity contribution in [2.75, 3.05) is 13.1 Å². The highest BCUT2D eigenvalue weighted by atomic mass is 32.1. The molecule has 0 aromatic carbocycles. The van der Waals surface area contributed by atoms with Crippen molar-refractivity contribution < 1.29 is 0 Å². The summed E-state index contributed by atoms with van der Waals surface area (Å²) in [7, 11) is 0. The lowest BCUT2D eigenvalue weighted by molar-refractivity contribution is 0.738. The van der Waals surface area contributed by atoms with Gasteiger partial charge < -0.3 is 10.6 Å². The summed E-state index contributed by atoms with van der Waals surface area (Å²) in [5, 5.41) is 8.70. The monoisotopic (exact) mass is 277 g/mol. The van der Waals surface area contributed by atoms with E-state index >= 15 is 0 Å². The number of rotatable bonds is 5. The Morgan fingerprint density at radius 3 is 3.16 bits per heavy atom. The van der Waals surface area contributed by atoms with Crippen molar-refractivity contribution in [1.29, 1.82) is 0 Å². The minimum Gasteiger partial charge on any atom is -0.357 e. The number of hydrogen-bond acceptors (Lipinski definition) is 3. The Hall–Kier alpha value is -1.56. The number of nitrogens with zero attached hydrogens (tertiary/aromatic N) is 3. The van der Waals surface area contributed by atoms with Gasteiger partial charge >= 0.3 is 0 Å². The summed E-state index contributed by atoms with van der Waals surface area (Å²) >= 11 is 1.65. The van der Waals surface area contributed by atoms with Crippen molar-refractivity contribution in [2.45, 2.75) is 26.3 Å². The van der Waals surface area contributed by atoms with Gasteiger partial charge in [-0.05, 0) is 25.7 Å². The van der Waals surface area contributed by atoms with E-state index in [2.05, 4.69) is 27.5 Å². The quantitative estimate of drug-likeness (QED) is 0.648. The Balaban J connectivity index is 1.61. The summed E-state index contributed by atoms with van der Waals surface area (Å²) in [6, 6.07) is 0. The molecule has 2 aromatic rings. The second-order valence-electron chi connectivity index (χ2n) is 4.84. The van der Waals surface area contributed by atoms with Crippen LogP contribution >= 0.6 is 11.3 Å². The topological polar surface area (TPSA) is 53.7 Å². The molecular formula is C13H19N5S. The number of thiazole rings is 1. The van der Waals surface area contributed by atoms with Gasteiger partial charge in [0, 0.05) is 30.9 Å². The molecule has 5 nitrogen and oxygen atoms in total. The van der Waals surface area contributed by atoms with E-state index in [4.69, 9.17) is 0 Å². The number of imidazole rings is 1. The summed E-state index contributed by atoms with van der Waals surface area (Å²) in [6.45, 7) is 4.62. The number of hydrogen-bond donors (Lipinski definition) is 2. The van der Waals surface area contributed by atoms with Gasteiger partial charge in [-0.1, -0.05) is 0 Å². The van der Waals surface area contributed by atoms with Crippen LogP contribution in [0.3, 0.4) is 0 Å². The first-order valence-electron chi connectivity index (χ1n) is 6.78. The minimum atomic E-state index is 0.619. The maximum atomic E-state index is 4.58. The lowest BCUT2D eigenvalue weighted by Gasteiger charge is -2.10. The maximum Gasteiger partial charge on any atom is 0.193 e. The molecule has 2 aromatic heterocycles. The molecule has 0 unspecified atom stereocenters. The van der Waals surface area contributed by atoms with Crippen LogP contribution < -0.4 is 10.6 Å². The van der Waals surface area contributed by atoms with Crippen molar-refractivity contribution in [3.8, 4) is 0 Å². The smallest absolute Gasteiger partial charge is 0.193 e. The van der Waals surface area contributed by atoms with E-state index in [1.807, 2.05) is 22.2 Å². The Kier molecular flexibility index (Phi) is 3.68. The van der Waals surface area contributed by atoms with E-state index in [0.717, 1.165) is 35.6 Å². The molecule has 1 aliphatic carbocycles. The fourth-order valence-electron chi connectivity index (χ4n) is 1.92. The number of fused-ring (bicyclic) bond motifs is 1. The first-order chi connectivity index (χ1) is 9.35. The average Bonchev–Trinajstić information content (AvgIpc) is 2.99. The molecular weight excluding hydrogens is 258 g/mol. The van der Waals surface area contributed by atoms with E-state index < -0.39 is 0 Å². The lowest BCUT2D eigenvalue weighted by atomic mass is 10.4. The highest BCUT2D eigenvalue weighted by Gasteiger charge is 2.21. The molecule has 3 rings (SSSR count). The zero-order valence-electron chi connectivity index (χ0n) is 11.1. The van der Waals surface area contributed by atoms with Gasteiger partial charge in [-0.25, -0.2) is 9.98 Å². The van der Waals surface area contributed by atoms with Gasteiger partial charge in [0.2, 0.25) is 0 Å². The average molecular weight is 277 g/mol.